The SMILES string of the molecule is N#CC1=C(SCC(=O)N2CCCC2)NC(=O)C[C@H]1c1ccccc1. The summed E-state index contributed by atoms with van der Waals surface area (Å²) in [6.45, 7) is 1.62. The van der Waals surface area contributed by atoms with Gasteiger partial charge in [-0.3, -0.25) is 9.59 Å². The first-order valence-electron chi connectivity index (χ1n) is 8.08. The summed E-state index contributed by atoms with van der Waals surface area (Å²) in [5.74, 6) is -0.0332. The number of likely N-dealkylation sites (tertiary alicyclic amines) is 1. The van der Waals surface area contributed by atoms with E-state index >= 15 is 0 Å². The molecule has 24 heavy (non-hydrogen) atoms. The van der Waals surface area contributed by atoms with Gasteiger partial charge in [0.2, 0.25) is 11.8 Å². The molecule has 0 spiro atoms. The Morgan fingerprint density at radius 1 is 1.29 bits per heavy atom. The van der Waals surface area contributed by atoms with Crippen LogP contribution in [0.5, 0.6) is 0 Å². The van der Waals surface area contributed by atoms with Gasteiger partial charge in [-0.2, -0.15) is 5.26 Å². The highest BCUT2D eigenvalue weighted by molar-refractivity contribution is 8.03. The van der Waals surface area contributed by atoms with Crippen LogP contribution in [0.4, 0.5) is 0 Å². The Kier molecular flexibility index (Phi) is 5.21. The Balaban J connectivity index is 1.78. The number of hydrogen-bond donors (Lipinski definition) is 1. The van der Waals surface area contributed by atoms with E-state index in [9.17, 15) is 14.9 Å². The maximum atomic E-state index is 12.2. The van der Waals surface area contributed by atoms with Crippen molar-refractivity contribution < 1.29 is 9.59 Å². The quantitative estimate of drug-likeness (QED) is 0.912. The molecule has 5 nitrogen and oxygen atoms in total. The summed E-state index contributed by atoms with van der Waals surface area (Å²) in [5, 5.41) is 12.9. The number of benzene rings is 1. The van der Waals surface area contributed by atoms with E-state index in [0.29, 0.717) is 10.6 Å². The molecule has 6 heteroatoms. The standard InChI is InChI=1S/C18H19N3O2S/c19-11-15-14(13-6-2-1-3-7-13)10-16(22)20-18(15)24-12-17(23)21-8-4-5-9-21/h1-3,6-7,14H,4-5,8-10,12H2,(H,20,22)/t14-/m0/s1. The molecule has 0 unspecified atom stereocenters. The van der Waals surface area contributed by atoms with Gasteiger partial charge in [-0.15, -0.1) is 0 Å². The number of nitrogens with zero attached hydrogens (tertiary/aromatic N) is 2. The highest BCUT2D eigenvalue weighted by atomic mass is 32.2. The van der Waals surface area contributed by atoms with Gasteiger partial charge in [0.25, 0.3) is 0 Å². The van der Waals surface area contributed by atoms with Crippen molar-refractivity contribution in [2.45, 2.75) is 25.2 Å². The summed E-state index contributed by atoms with van der Waals surface area (Å²) in [4.78, 5) is 26.1. The monoisotopic (exact) mass is 341 g/mol. The van der Waals surface area contributed by atoms with Gasteiger partial charge in [0.05, 0.1) is 22.4 Å². The van der Waals surface area contributed by atoms with E-state index < -0.39 is 0 Å². The predicted molar refractivity (Wildman–Crippen MR) is 92.9 cm³/mol. The Hall–Kier alpha value is -2.26. The number of carbonyl (C=O) groups is 2. The number of amides is 2. The molecule has 0 bridgehead atoms. The fraction of sp³-hybridized carbons (Fsp3) is 0.389. The molecule has 1 saturated heterocycles. The molecule has 1 aromatic rings. The fourth-order valence-corrected chi connectivity index (χ4v) is 4.07. The molecule has 1 fully saturated rings. The number of hydrogen-bond acceptors (Lipinski definition) is 4. The highest BCUT2D eigenvalue weighted by Gasteiger charge is 2.30. The second-order valence-corrected chi connectivity index (χ2v) is 6.93. The maximum Gasteiger partial charge on any atom is 0.232 e. The zero-order chi connectivity index (χ0) is 16.9. The van der Waals surface area contributed by atoms with Crippen molar-refractivity contribution in [2.24, 2.45) is 0 Å². The molecule has 3 rings (SSSR count). The molecule has 2 heterocycles. The summed E-state index contributed by atoms with van der Waals surface area (Å²) in [6, 6.07) is 11.8. The van der Waals surface area contributed by atoms with E-state index in [0.717, 1.165) is 31.5 Å². The van der Waals surface area contributed by atoms with Gasteiger partial charge in [-0.1, -0.05) is 42.1 Å². The zero-order valence-electron chi connectivity index (χ0n) is 13.3. The van der Waals surface area contributed by atoms with E-state index in [1.54, 1.807) is 0 Å². The smallest absolute Gasteiger partial charge is 0.232 e. The third-order valence-electron chi connectivity index (χ3n) is 4.36. The third kappa shape index (κ3) is 3.62. The number of carbonyl (C=O) groups excluding carboxylic acids is 2. The molecule has 0 saturated carbocycles. The first kappa shape index (κ1) is 16.6. The largest absolute Gasteiger partial charge is 0.342 e. The molecule has 2 aliphatic rings. The molecule has 0 radical (unpaired) electrons. The van der Waals surface area contributed by atoms with Crippen molar-refractivity contribution >= 4 is 23.6 Å². The maximum absolute atomic E-state index is 12.2. The molecule has 1 N–H and O–H groups in total. The normalized spacial score (nSPS) is 20.7. The van der Waals surface area contributed by atoms with Crippen molar-refractivity contribution in [2.75, 3.05) is 18.8 Å². The summed E-state index contributed by atoms with van der Waals surface area (Å²) in [5.41, 5.74) is 1.49. The van der Waals surface area contributed by atoms with Crippen molar-refractivity contribution in [3.8, 4) is 6.07 Å². The number of nitriles is 1. The number of nitrogens with one attached hydrogen (secondary N) is 1. The zero-order valence-corrected chi connectivity index (χ0v) is 14.1. The van der Waals surface area contributed by atoms with Crippen molar-refractivity contribution in [1.29, 1.82) is 5.26 Å². The van der Waals surface area contributed by atoms with Crippen molar-refractivity contribution in [3.05, 3.63) is 46.5 Å². The fourth-order valence-electron chi connectivity index (χ4n) is 3.09. The van der Waals surface area contributed by atoms with E-state index in [-0.39, 0.29) is 29.9 Å². The lowest BCUT2D eigenvalue weighted by Gasteiger charge is -2.25. The molecule has 0 aromatic heterocycles. The van der Waals surface area contributed by atoms with E-state index in [1.165, 1.54) is 11.8 Å². The Labute approximate surface area is 145 Å². The van der Waals surface area contributed by atoms with Crippen LogP contribution in [0.25, 0.3) is 0 Å². The second-order valence-electron chi connectivity index (χ2n) is 5.95. The highest BCUT2D eigenvalue weighted by Crippen LogP contribution is 2.35. The summed E-state index contributed by atoms with van der Waals surface area (Å²) >= 11 is 1.26. The molecule has 0 aliphatic carbocycles. The Bertz CT molecular complexity index is 703. The molecule has 2 aliphatic heterocycles. The van der Waals surface area contributed by atoms with Crippen LogP contribution in [-0.4, -0.2) is 35.6 Å². The van der Waals surface area contributed by atoms with Crippen molar-refractivity contribution in [1.82, 2.24) is 10.2 Å². The lowest BCUT2D eigenvalue weighted by molar-refractivity contribution is -0.127. The van der Waals surface area contributed by atoms with Crippen molar-refractivity contribution in [3.63, 3.8) is 0 Å². The second kappa shape index (κ2) is 7.54. The van der Waals surface area contributed by atoms with Gasteiger partial charge in [0.15, 0.2) is 0 Å². The van der Waals surface area contributed by atoms with Crippen LogP contribution in [0.3, 0.4) is 0 Å². The predicted octanol–water partition coefficient (Wildman–Crippen LogP) is 2.38. The summed E-state index contributed by atoms with van der Waals surface area (Å²) in [6.07, 6.45) is 2.36. The summed E-state index contributed by atoms with van der Waals surface area (Å²) < 4.78 is 0. The number of allylic oxidation sites excluding steroid dienone is 1. The average Bonchev–Trinajstić information content (AvgIpc) is 3.14. The van der Waals surface area contributed by atoms with Gasteiger partial charge in [-0.05, 0) is 18.4 Å². The van der Waals surface area contributed by atoms with Crippen LogP contribution in [0.2, 0.25) is 0 Å². The molecule has 2 amide bonds. The molecule has 1 aromatic carbocycles. The van der Waals surface area contributed by atoms with Crippen LogP contribution in [0.15, 0.2) is 40.9 Å². The van der Waals surface area contributed by atoms with Crippen LogP contribution < -0.4 is 5.32 Å². The van der Waals surface area contributed by atoms with E-state index in [4.69, 9.17) is 0 Å². The lowest BCUT2D eigenvalue weighted by Crippen LogP contribution is -2.33. The van der Waals surface area contributed by atoms with Gasteiger partial charge in [-0.25, -0.2) is 0 Å². The Morgan fingerprint density at radius 3 is 2.67 bits per heavy atom. The van der Waals surface area contributed by atoms with Crippen LogP contribution in [-0.2, 0) is 9.59 Å². The minimum Gasteiger partial charge on any atom is -0.342 e. The van der Waals surface area contributed by atoms with Gasteiger partial charge >= 0.3 is 0 Å². The van der Waals surface area contributed by atoms with Crippen LogP contribution in [0, 0.1) is 11.3 Å². The van der Waals surface area contributed by atoms with E-state index in [1.807, 2.05) is 35.2 Å². The van der Waals surface area contributed by atoms with Crippen LogP contribution in [0.1, 0.15) is 30.7 Å². The van der Waals surface area contributed by atoms with E-state index in [2.05, 4.69) is 11.4 Å². The minimum atomic E-state index is -0.241. The average molecular weight is 341 g/mol. The minimum absolute atomic E-state index is 0.0679. The summed E-state index contributed by atoms with van der Waals surface area (Å²) in [7, 11) is 0. The van der Waals surface area contributed by atoms with Gasteiger partial charge < -0.3 is 10.2 Å². The molecular weight excluding hydrogens is 322 g/mol. The van der Waals surface area contributed by atoms with Gasteiger partial charge in [0.1, 0.15) is 0 Å². The molecule has 124 valence electrons. The first-order valence-corrected chi connectivity index (χ1v) is 9.07. The lowest BCUT2D eigenvalue weighted by atomic mass is 9.87. The molecular formula is C18H19N3O2S. The number of rotatable bonds is 4. The number of thioether (sulfide) groups is 1. The van der Waals surface area contributed by atoms with Gasteiger partial charge in [0, 0.05) is 25.4 Å². The topological polar surface area (TPSA) is 73.2 Å². The first-order chi connectivity index (χ1) is 11.7. The molecule has 1 atom stereocenters. The Morgan fingerprint density at radius 2 is 2.00 bits per heavy atom. The van der Waals surface area contributed by atoms with Crippen LogP contribution >= 0.6 is 11.8 Å². The third-order valence-corrected chi connectivity index (χ3v) is 5.36.